The third-order valence-corrected chi connectivity index (χ3v) is 4.87. The van der Waals surface area contributed by atoms with E-state index < -0.39 is 6.10 Å². The van der Waals surface area contributed by atoms with Crippen molar-refractivity contribution in [1.82, 2.24) is 10.2 Å². The van der Waals surface area contributed by atoms with Gasteiger partial charge in [0.05, 0.1) is 11.8 Å². The molecule has 0 fully saturated rings. The molecule has 2 rings (SSSR count). The lowest BCUT2D eigenvalue weighted by molar-refractivity contribution is 0.201. The van der Waals surface area contributed by atoms with Gasteiger partial charge in [0.15, 0.2) is 0 Å². The van der Waals surface area contributed by atoms with E-state index in [4.69, 9.17) is 0 Å². The van der Waals surface area contributed by atoms with Crippen molar-refractivity contribution in [3.05, 3.63) is 47.7 Å². The quantitative estimate of drug-likeness (QED) is 0.388. The average molecular weight is 379 g/mol. The van der Waals surface area contributed by atoms with Crippen LogP contribution in [0.5, 0.6) is 0 Å². The van der Waals surface area contributed by atoms with Gasteiger partial charge in [0.25, 0.3) is 0 Å². The van der Waals surface area contributed by atoms with Crippen molar-refractivity contribution in [2.75, 3.05) is 0 Å². The summed E-state index contributed by atoms with van der Waals surface area (Å²) < 4.78 is 0. The van der Waals surface area contributed by atoms with Crippen LogP contribution in [-0.4, -0.2) is 21.4 Å². The zero-order valence-corrected chi connectivity index (χ0v) is 17.5. The van der Waals surface area contributed by atoms with Crippen molar-refractivity contribution in [3.8, 4) is 23.1 Å². The SMILES string of the molecule is CCCCCCCCCCc1ccc(C#CCC(C)O)c(-c2cccnn2)c1. The largest absolute Gasteiger partial charge is 0.392 e. The summed E-state index contributed by atoms with van der Waals surface area (Å²) in [5, 5.41) is 17.7. The minimum Gasteiger partial charge on any atom is -0.392 e. The molecule has 1 aromatic carbocycles. The first-order valence-electron chi connectivity index (χ1n) is 10.8. The van der Waals surface area contributed by atoms with Gasteiger partial charge < -0.3 is 5.11 Å². The summed E-state index contributed by atoms with van der Waals surface area (Å²) in [5.74, 6) is 6.26. The van der Waals surface area contributed by atoms with Crippen LogP contribution in [0, 0.1) is 11.8 Å². The molecule has 0 spiro atoms. The summed E-state index contributed by atoms with van der Waals surface area (Å²) in [7, 11) is 0. The van der Waals surface area contributed by atoms with Crippen molar-refractivity contribution >= 4 is 0 Å². The number of nitrogens with zero attached hydrogens (tertiary/aromatic N) is 2. The van der Waals surface area contributed by atoms with E-state index in [-0.39, 0.29) is 0 Å². The fourth-order valence-corrected chi connectivity index (χ4v) is 3.27. The van der Waals surface area contributed by atoms with Gasteiger partial charge in [0, 0.05) is 23.7 Å². The number of rotatable bonds is 11. The lowest BCUT2D eigenvalue weighted by Crippen LogP contribution is -1.96. The van der Waals surface area contributed by atoms with Crippen molar-refractivity contribution in [2.24, 2.45) is 0 Å². The molecule has 0 radical (unpaired) electrons. The summed E-state index contributed by atoms with van der Waals surface area (Å²) in [6.45, 7) is 4.02. The van der Waals surface area contributed by atoms with E-state index in [1.54, 1.807) is 13.1 Å². The number of aliphatic hydroxyl groups is 1. The molecule has 0 saturated heterocycles. The standard InChI is InChI=1S/C25H34N2O/c1-3-4-5-6-7-8-9-10-14-22-17-18-23(15-11-13-21(2)28)24(20-22)25-16-12-19-26-27-25/h12,16-21,28H,3-10,13-14H2,1-2H3. The van der Waals surface area contributed by atoms with Gasteiger partial charge in [-0.05, 0) is 49.6 Å². The van der Waals surface area contributed by atoms with E-state index in [1.165, 1.54) is 56.9 Å². The monoisotopic (exact) mass is 378 g/mol. The van der Waals surface area contributed by atoms with Crippen molar-refractivity contribution in [3.63, 3.8) is 0 Å². The zero-order chi connectivity index (χ0) is 20.0. The maximum absolute atomic E-state index is 9.44. The highest BCUT2D eigenvalue weighted by Crippen LogP contribution is 2.23. The topological polar surface area (TPSA) is 46.0 Å². The highest BCUT2D eigenvalue weighted by atomic mass is 16.3. The van der Waals surface area contributed by atoms with E-state index in [2.05, 4.69) is 47.2 Å². The molecule has 150 valence electrons. The normalized spacial score (nSPS) is 11.7. The molecule has 3 nitrogen and oxygen atoms in total. The third-order valence-electron chi connectivity index (χ3n) is 4.87. The Kier molecular flexibility index (Phi) is 10.3. The van der Waals surface area contributed by atoms with Gasteiger partial charge in [-0.2, -0.15) is 10.2 Å². The van der Waals surface area contributed by atoms with E-state index in [0.717, 1.165) is 23.2 Å². The predicted molar refractivity (Wildman–Crippen MR) is 117 cm³/mol. The maximum Gasteiger partial charge on any atom is 0.0942 e. The van der Waals surface area contributed by atoms with E-state index in [0.29, 0.717) is 6.42 Å². The van der Waals surface area contributed by atoms with E-state index >= 15 is 0 Å². The molecule has 0 aliphatic carbocycles. The van der Waals surface area contributed by atoms with Gasteiger partial charge in [0.1, 0.15) is 0 Å². The molecule has 2 aromatic rings. The molecule has 28 heavy (non-hydrogen) atoms. The Hall–Kier alpha value is -2.18. The van der Waals surface area contributed by atoms with Crippen LogP contribution in [0.15, 0.2) is 36.5 Å². The first kappa shape index (κ1) is 22.1. The Bertz CT molecular complexity index is 744. The lowest BCUT2D eigenvalue weighted by atomic mass is 9.97. The molecule has 1 aromatic heterocycles. The van der Waals surface area contributed by atoms with Crippen LogP contribution >= 0.6 is 0 Å². The predicted octanol–water partition coefficient (Wildman–Crippen LogP) is 5.95. The Labute approximate surface area is 170 Å². The van der Waals surface area contributed by atoms with Crippen LogP contribution in [0.1, 0.15) is 82.8 Å². The highest BCUT2D eigenvalue weighted by molar-refractivity contribution is 5.68. The molecule has 1 heterocycles. The number of unbranched alkanes of at least 4 members (excludes halogenated alkanes) is 7. The first-order valence-corrected chi connectivity index (χ1v) is 10.8. The fourth-order valence-electron chi connectivity index (χ4n) is 3.27. The van der Waals surface area contributed by atoms with Crippen molar-refractivity contribution < 1.29 is 5.11 Å². The minimum absolute atomic E-state index is 0.409. The summed E-state index contributed by atoms with van der Waals surface area (Å²) in [6.07, 6.45) is 13.5. The van der Waals surface area contributed by atoms with Gasteiger partial charge in [-0.25, -0.2) is 0 Å². The summed E-state index contributed by atoms with van der Waals surface area (Å²) >= 11 is 0. The highest BCUT2D eigenvalue weighted by Gasteiger charge is 2.07. The second-order valence-electron chi connectivity index (χ2n) is 7.57. The molecule has 1 N–H and O–H groups in total. The van der Waals surface area contributed by atoms with Crippen LogP contribution in [0.2, 0.25) is 0 Å². The van der Waals surface area contributed by atoms with Gasteiger partial charge in [-0.15, -0.1) is 0 Å². The smallest absolute Gasteiger partial charge is 0.0942 e. The maximum atomic E-state index is 9.44. The third kappa shape index (κ3) is 8.23. The van der Waals surface area contributed by atoms with Gasteiger partial charge >= 0.3 is 0 Å². The summed E-state index contributed by atoms with van der Waals surface area (Å²) in [5.41, 5.74) is 4.15. The van der Waals surface area contributed by atoms with Crippen molar-refractivity contribution in [2.45, 2.75) is 84.2 Å². The Balaban J connectivity index is 1.97. The molecule has 0 aliphatic rings. The van der Waals surface area contributed by atoms with Gasteiger partial charge in [-0.3, -0.25) is 0 Å². The second-order valence-corrected chi connectivity index (χ2v) is 7.57. The Morgan fingerprint density at radius 3 is 2.43 bits per heavy atom. The molecule has 0 saturated carbocycles. The van der Waals surface area contributed by atoms with Crippen LogP contribution in [0.4, 0.5) is 0 Å². The van der Waals surface area contributed by atoms with Crippen LogP contribution in [-0.2, 0) is 6.42 Å². The Morgan fingerprint density at radius 1 is 1.00 bits per heavy atom. The molecule has 0 amide bonds. The second kappa shape index (κ2) is 13.1. The van der Waals surface area contributed by atoms with E-state index in [1.807, 2.05) is 12.1 Å². The summed E-state index contributed by atoms with van der Waals surface area (Å²) in [6, 6.07) is 10.3. The van der Waals surface area contributed by atoms with Crippen molar-refractivity contribution in [1.29, 1.82) is 0 Å². The van der Waals surface area contributed by atoms with Crippen LogP contribution < -0.4 is 0 Å². The molecule has 1 unspecified atom stereocenters. The molecular weight excluding hydrogens is 344 g/mol. The number of aliphatic hydroxyl groups excluding tert-OH is 1. The molecule has 3 heteroatoms. The number of aryl methyl sites for hydroxylation is 1. The number of aromatic nitrogens is 2. The molecular formula is C25H34N2O. The minimum atomic E-state index is -0.409. The molecule has 0 aliphatic heterocycles. The first-order chi connectivity index (χ1) is 13.7. The average Bonchev–Trinajstić information content (AvgIpc) is 2.71. The fraction of sp³-hybridized carbons (Fsp3) is 0.520. The Morgan fingerprint density at radius 2 is 1.75 bits per heavy atom. The van der Waals surface area contributed by atoms with E-state index in [9.17, 15) is 5.11 Å². The molecule has 1 atom stereocenters. The number of benzene rings is 1. The zero-order valence-electron chi connectivity index (χ0n) is 17.5. The summed E-state index contributed by atoms with van der Waals surface area (Å²) in [4.78, 5) is 0. The lowest BCUT2D eigenvalue weighted by Gasteiger charge is -2.08. The van der Waals surface area contributed by atoms with Crippen LogP contribution in [0.3, 0.4) is 0 Å². The number of hydrogen-bond acceptors (Lipinski definition) is 3. The van der Waals surface area contributed by atoms with Gasteiger partial charge in [-0.1, -0.05) is 69.8 Å². The number of hydrogen-bond donors (Lipinski definition) is 1. The van der Waals surface area contributed by atoms with Gasteiger partial charge in [0.2, 0.25) is 0 Å². The molecule has 0 bridgehead atoms. The van der Waals surface area contributed by atoms with Crippen LogP contribution in [0.25, 0.3) is 11.3 Å².